The Labute approximate surface area is 124 Å². The first-order chi connectivity index (χ1) is 9.12. The van der Waals surface area contributed by atoms with Gasteiger partial charge in [-0.3, -0.25) is 0 Å². The number of rotatable bonds is 6. The molecule has 118 valence electrons. The summed E-state index contributed by atoms with van der Waals surface area (Å²) in [5.41, 5.74) is 0. The van der Waals surface area contributed by atoms with Crippen molar-refractivity contribution in [2.45, 2.75) is 77.0 Å². The molecular weight excluding hydrogens is 270 g/mol. The molecule has 4 nitrogen and oxygen atoms in total. The molecule has 0 spiro atoms. The lowest BCUT2D eigenvalue weighted by molar-refractivity contribution is 0.172. The minimum Gasteiger partial charge on any atom is -0.465 e. The van der Waals surface area contributed by atoms with Crippen molar-refractivity contribution in [3.63, 3.8) is 0 Å². The first-order valence-electron chi connectivity index (χ1n) is 7.75. The van der Waals surface area contributed by atoms with Crippen LogP contribution in [0.1, 0.15) is 52.9 Å². The Hall–Kier alpha value is -0.553. The van der Waals surface area contributed by atoms with E-state index in [1.165, 1.54) is 25.7 Å². The third-order valence-electron chi connectivity index (χ3n) is 4.87. The summed E-state index contributed by atoms with van der Waals surface area (Å²) in [6, 6.07) is -0.0651. The van der Waals surface area contributed by atoms with Gasteiger partial charge >= 0.3 is 6.09 Å². The van der Waals surface area contributed by atoms with Gasteiger partial charge in [-0.2, -0.15) is 0 Å². The lowest BCUT2D eigenvalue weighted by Gasteiger charge is -2.37. The zero-order valence-electron chi connectivity index (χ0n) is 13.7. The van der Waals surface area contributed by atoms with Crippen molar-refractivity contribution in [3.8, 4) is 0 Å². The van der Waals surface area contributed by atoms with Crippen LogP contribution in [0.15, 0.2) is 0 Å². The number of amides is 1. The molecule has 0 heterocycles. The SMILES string of the molecule is CC(C)(C)[Si](C)(C)OC[C@H](CC1CCCC1)NC(=O)O. The zero-order valence-corrected chi connectivity index (χ0v) is 14.7. The van der Waals surface area contributed by atoms with E-state index in [1.807, 2.05) is 0 Å². The average molecular weight is 302 g/mol. The van der Waals surface area contributed by atoms with E-state index < -0.39 is 14.4 Å². The molecule has 0 saturated heterocycles. The lowest BCUT2D eigenvalue weighted by atomic mass is 9.99. The van der Waals surface area contributed by atoms with E-state index in [-0.39, 0.29) is 11.1 Å². The van der Waals surface area contributed by atoms with E-state index >= 15 is 0 Å². The number of carbonyl (C=O) groups is 1. The van der Waals surface area contributed by atoms with Gasteiger partial charge in [0.25, 0.3) is 0 Å². The van der Waals surface area contributed by atoms with Gasteiger partial charge in [-0.15, -0.1) is 0 Å². The lowest BCUT2D eigenvalue weighted by Crippen LogP contribution is -2.46. The fourth-order valence-electron chi connectivity index (χ4n) is 2.52. The van der Waals surface area contributed by atoms with Gasteiger partial charge in [-0.05, 0) is 30.5 Å². The summed E-state index contributed by atoms with van der Waals surface area (Å²) in [5.74, 6) is 0.662. The molecule has 0 aromatic rings. The monoisotopic (exact) mass is 301 g/mol. The van der Waals surface area contributed by atoms with Crippen molar-refractivity contribution in [3.05, 3.63) is 0 Å². The zero-order chi connectivity index (χ0) is 15.4. The van der Waals surface area contributed by atoms with Crippen molar-refractivity contribution in [1.29, 1.82) is 0 Å². The fraction of sp³-hybridized carbons (Fsp3) is 0.933. The van der Waals surface area contributed by atoms with Crippen molar-refractivity contribution in [2.75, 3.05) is 6.61 Å². The van der Waals surface area contributed by atoms with Crippen LogP contribution in [-0.4, -0.2) is 32.2 Å². The second-order valence-electron chi connectivity index (χ2n) is 7.60. The second kappa shape index (κ2) is 6.94. The van der Waals surface area contributed by atoms with Crippen LogP contribution in [0.25, 0.3) is 0 Å². The number of hydrogen-bond donors (Lipinski definition) is 2. The largest absolute Gasteiger partial charge is 0.465 e. The third kappa shape index (κ3) is 5.44. The molecule has 0 aromatic heterocycles. The highest BCUT2D eigenvalue weighted by molar-refractivity contribution is 6.74. The summed E-state index contributed by atoms with van der Waals surface area (Å²) in [6.07, 6.45) is 5.02. The molecule has 0 unspecified atom stereocenters. The molecule has 5 heteroatoms. The van der Waals surface area contributed by atoms with Gasteiger partial charge in [0, 0.05) is 0 Å². The summed E-state index contributed by atoms with van der Waals surface area (Å²) < 4.78 is 6.18. The van der Waals surface area contributed by atoms with Gasteiger partial charge < -0.3 is 14.8 Å². The van der Waals surface area contributed by atoms with E-state index in [2.05, 4.69) is 39.2 Å². The van der Waals surface area contributed by atoms with Gasteiger partial charge in [-0.1, -0.05) is 46.5 Å². The van der Waals surface area contributed by atoms with Crippen LogP contribution in [0.4, 0.5) is 4.79 Å². The first-order valence-corrected chi connectivity index (χ1v) is 10.7. The highest BCUT2D eigenvalue weighted by Gasteiger charge is 2.37. The predicted octanol–water partition coefficient (Wildman–Crippen LogP) is 4.22. The van der Waals surface area contributed by atoms with Crippen LogP contribution in [0, 0.1) is 5.92 Å². The first kappa shape index (κ1) is 17.5. The predicted molar refractivity (Wildman–Crippen MR) is 84.7 cm³/mol. The normalized spacial score (nSPS) is 19.1. The molecule has 1 atom stereocenters. The van der Waals surface area contributed by atoms with Gasteiger partial charge in [-0.25, -0.2) is 4.79 Å². The molecule has 0 radical (unpaired) electrons. The van der Waals surface area contributed by atoms with Gasteiger partial charge in [0.2, 0.25) is 0 Å². The Morgan fingerprint density at radius 1 is 1.35 bits per heavy atom. The van der Waals surface area contributed by atoms with Crippen LogP contribution in [0.2, 0.25) is 18.1 Å². The van der Waals surface area contributed by atoms with E-state index in [9.17, 15) is 4.79 Å². The molecule has 1 aliphatic carbocycles. The van der Waals surface area contributed by atoms with Crippen LogP contribution >= 0.6 is 0 Å². The van der Waals surface area contributed by atoms with Gasteiger partial charge in [0.1, 0.15) is 0 Å². The van der Waals surface area contributed by atoms with Crippen molar-refractivity contribution < 1.29 is 14.3 Å². The highest BCUT2D eigenvalue weighted by atomic mass is 28.4. The van der Waals surface area contributed by atoms with Crippen LogP contribution in [0.5, 0.6) is 0 Å². The summed E-state index contributed by atoms with van der Waals surface area (Å²) in [7, 11) is -1.81. The summed E-state index contributed by atoms with van der Waals surface area (Å²) in [6.45, 7) is 11.5. The molecule has 20 heavy (non-hydrogen) atoms. The quantitative estimate of drug-likeness (QED) is 0.722. The summed E-state index contributed by atoms with van der Waals surface area (Å²) >= 11 is 0. The third-order valence-corrected chi connectivity index (χ3v) is 9.37. The van der Waals surface area contributed by atoms with Gasteiger partial charge in [0.15, 0.2) is 8.32 Å². The minimum absolute atomic E-state index is 0.0651. The Balaban J connectivity index is 2.53. The summed E-state index contributed by atoms with van der Waals surface area (Å²) in [4.78, 5) is 10.9. The molecule has 1 rings (SSSR count). The topological polar surface area (TPSA) is 58.6 Å². The molecule has 2 N–H and O–H groups in total. The molecule has 0 aliphatic heterocycles. The number of hydrogen-bond acceptors (Lipinski definition) is 2. The Morgan fingerprint density at radius 3 is 2.35 bits per heavy atom. The van der Waals surface area contributed by atoms with Crippen LogP contribution < -0.4 is 5.32 Å². The smallest absolute Gasteiger partial charge is 0.404 e. The minimum atomic E-state index is -1.81. The maximum Gasteiger partial charge on any atom is 0.404 e. The van der Waals surface area contributed by atoms with Crippen molar-refractivity contribution >= 4 is 14.4 Å². The molecule has 1 saturated carbocycles. The molecule has 0 bridgehead atoms. The Morgan fingerprint density at radius 2 is 1.90 bits per heavy atom. The van der Waals surface area contributed by atoms with Crippen LogP contribution in [-0.2, 0) is 4.43 Å². The molecular formula is C15H31NO3Si. The van der Waals surface area contributed by atoms with E-state index in [1.54, 1.807) is 0 Å². The average Bonchev–Trinajstić information content (AvgIpc) is 2.76. The Bertz CT molecular complexity index is 320. The maximum absolute atomic E-state index is 10.9. The number of nitrogens with one attached hydrogen (secondary N) is 1. The van der Waals surface area contributed by atoms with Crippen molar-refractivity contribution in [2.24, 2.45) is 5.92 Å². The molecule has 1 amide bonds. The van der Waals surface area contributed by atoms with Gasteiger partial charge in [0.05, 0.1) is 12.6 Å². The molecule has 1 aliphatic rings. The molecule has 1 fully saturated rings. The van der Waals surface area contributed by atoms with E-state index in [0.29, 0.717) is 12.5 Å². The second-order valence-corrected chi connectivity index (χ2v) is 12.4. The fourth-order valence-corrected chi connectivity index (χ4v) is 3.57. The summed E-state index contributed by atoms with van der Waals surface area (Å²) in [5, 5.41) is 11.8. The molecule has 0 aromatic carbocycles. The van der Waals surface area contributed by atoms with Crippen molar-refractivity contribution in [1.82, 2.24) is 5.32 Å². The van der Waals surface area contributed by atoms with E-state index in [0.717, 1.165) is 6.42 Å². The number of carboxylic acid groups (broad SMARTS) is 1. The van der Waals surface area contributed by atoms with E-state index in [4.69, 9.17) is 9.53 Å². The maximum atomic E-state index is 10.9. The highest BCUT2D eigenvalue weighted by Crippen LogP contribution is 2.37. The Kier molecular flexibility index (Phi) is 6.07. The van der Waals surface area contributed by atoms with Crippen LogP contribution in [0.3, 0.4) is 0 Å². The standard InChI is InChI=1S/C15H31NO3Si/c1-15(2,3)20(4,5)19-11-13(16-14(17)18)10-12-8-6-7-9-12/h12-13,16H,6-11H2,1-5H3,(H,17,18)/t13-/m0/s1.